The molecule has 1 aromatic rings. The van der Waals surface area contributed by atoms with Crippen molar-refractivity contribution in [3.63, 3.8) is 0 Å². The van der Waals surface area contributed by atoms with E-state index >= 15 is 0 Å². The van der Waals surface area contributed by atoms with Gasteiger partial charge in [0.2, 0.25) is 0 Å². The fourth-order valence-corrected chi connectivity index (χ4v) is 2.89. The predicted octanol–water partition coefficient (Wildman–Crippen LogP) is 2.40. The third kappa shape index (κ3) is 6.73. The van der Waals surface area contributed by atoms with Gasteiger partial charge in [0.25, 0.3) is 0 Å². The van der Waals surface area contributed by atoms with Crippen molar-refractivity contribution >= 4 is 5.96 Å². The number of aliphatic hydroxyl groups is 1. The van der Waals surface area contributed by atoms with Crippen molar-refractivity contribution in [3.8, 4) is 11.8 Å². The Bertz CT molecular complexity index is 700. The molecule has 5 nitrogen and oxygen atoms in total. The minimum absolute atomic E-state index is 0.0987. The van der Waals surface area contributed by atoms with Gasteiger partial charge in [0, 0.05) is 30.7 Å². The number of halogens is 3. The third-order valence-electron chi connectivity index (χ3n) is 4.53. The van der Waals surface area contributed by atoms with Crippen LogP contribution >= 0.6 is 0 Å². The number of guanidine groups is 1. The lowest BCUT2D eigenvalue weighted by Gasteiger charge is -2.24. The Kier molecular flexibility index (Phi) is 8.15. The highest BCUT2D eigenvalue weighted by Crippen LogP contribution is 2.32. The van der Waals surface area contributed by atoms with E-state index in [4.69, 9.17) is 4.74 Å². The number of hydrogen-bond donors (Lipinski definition) is 3. The number of ether oxygens (including phenoxy) is 1. The molecule has 0 amide bonds. The molecule has 8 heteroatoms. The summed E-state index contributed by atoms with van der Waals surface area (Å²) in [5.74, 6) is 6.32. The molecule has 0 bridgehead atoms. The first-order valence-corrected chi connectivity index (χ1v) is 9.25. The zero-order valence-corrected chi connectivity index (χ0v) is 15.9. The minimum atomic E-state index is -4.34. The molecule has 3 N–H and O–H groups in total. The molecule has 0 saturated carbocycles. The summed E-state index contributed by atoms with van der Waals surface area (Å²) in [5.41, 5.74) is -0.310. The standard InChI is InChI=1S/C20H26F3N3O2/c1-2-24-18(26-14-19(9-12-27)10-13-28-15-19)25-11-3-4-16-5-7-17(8-6-16)20(21,22)23/h5-8,27H,2,9-15H2,1H3,(H2,24,25,26). The molecule has 0 aromatic heterocycles. The fraction of sp³-hybridized carbons (Fsp3) is 0.550. The van der Waals surface area contributed by atoms with E-state index in [-0.39, 0.29) is 12.0 Å². The summed E-state index contributed by atoms with van der Waals surface area (Å²) in [7, 11) is 0. The summed E-state index contributed by atoms with van der Waals surface area (Å²) in [6.45, 7) is 4.84. The van der Waals surface area contributed by atoms with Crippen molar-refractivity contribution in [2.45, 2.75) is 25.9 Å². The second kappa shape index (κ2) is 10.3. The summed E-state index contributed by atoms with van der Waals surface area (Å²) < 4.78 is 43.1. The summed E-state index contributed by atoms with van der Waals surface area (Å²) in [6.07, 6.45) is -2.84. The maximum atomic E-state index is 12.6. The lowest BCUT2D eigenvalue weighted by molar-refractivity contribution is -0.137. The molecule has 1 aliphatic rings. The Balaban J connectivity index is 1.92. The van der Waals surface area contributed by atoms with Crippen molar-refractivity contribution in [1.82, 2.24) is 10.6 Å². The van der Waals surface area contributed by atoms with Crippen molar-refractivity contribution < 1.29 is 23.0 Å². The maximum Gasteiger partial charge on any atom is 0.416 e. The number of nitrogens with zero attached hydrogens (tertiary/aromatic N) is 1. The van der Waals surface area contributed by atoms with Crippen LogP contribution in [0.2, 0.25) is 0 Å². The van der Waals surface area contributed by atoms with E-state index < -0.39 is 11.7 Å². The number of nitrogens with one attached hydrogen (secondary N) is 2. The van der Waals surface area contributed by atoms with Crippen LogP contribution in [0.15, 0.2) is 29.3 Å². The Morgan fingerprint density at radius 1 is 1.29 bits per heavy atom. The lowest BCUT2D eigenvalue weighted by Crippen LogP contribution is -2.39. The molecule has 1 unspecified atom stereocenters. The number of benzene rings is 1. The first kappa shape index (κ1) is 22.1. The molecule has 1 aromatic carbocycles. The van der Waals surface area contributed by atoms with E-state index in [9.17, 15) is 18.3 Å². The highest BCUT2D eigenvalue weighted by molar-refractivity contribution is 5.80. The van der Waals surface area contributed by atoms with Gasteiger partial charge < -0.3 is 20.5 Å². The van der Waals surface area contributed by atoms with Crippen LogP contribution in [-0.4, -0.2) is 50.5 Å². The van der Waals surface area contributed by atoms with Gasteiger partial charge in [0.1, 0.15) is 0 Å². The van der Waals surface area contributed by atoms with Crippen LogP contribution in [0.25, 0.3) is 0 Å². The van der Waals surface area contributed by atoms with Crippen LogP contribution in [0.5, 0.6) is 0 Å². The predicted molar refractivity (Wildman–Crippen MR) is 102 cm³/mol. The molecule has 1 atom stereocenters. The van der Waals surface area contributed by atoms with Gasteiger partial charge in [0.15, 0.2) is 5.96 Å². The van der Waals surface area contributed by atoms with E-state index in [1.54, 1.807) is 0 Å². The largest absolute Gasteiger partial charge is 0.416 e. The molecular formula is C20H26F3N3O2. The van der Waals surface area contributed by atoms with E-state index in [2.05, 4.69) is 27.5 Å². The molecule has 1 heterocycles. The van der Waals surface area contributed by atoms with Crippen molar-refractivity contribution in [1.29, 1.82) is 0 Å². The zero-order chi connectivity index (χ0) is 20.5. The summed E-state index contributed by atoms with van der Waals surface area (Å²) in [4.78, 5) is 4.58. The van der Waals surface area contributed by atoms with Crippen LogP contribution in [-0.2, 0) is 10.9 Å². The van der Waals surface area contributed by atoms with E-state index in [0.29, 0.717) is 50.8 Å². The molecule has 154 valence electrons. The van der Waals surface area contributed by atoms with Crippen molar-refractivity contribution in [2.75, 3.05) is 39.5 Å². The van der Waals surface area contributed by atoms with E-state index in [1.165, 1.54) is 12.1 Å². The Morgan fingerprint density at radius 3 is 2.61 bits per heavy atom. The van der Waals surface area contributed by atoms with Gasteiger partial charge in [-0.1, -0.05) is 11.8 Å². The highest BCUT2D eigenvalue weighted by Gasteiger charge is 2.34. The zero-order valence-electron chi connectivity index (χ0n) is 15.9. The smallest absolute Gasteiger partial charge is 0.396 e. The average Bonchev–Trinajstić information content (AvgIpc) is 3.12. The summed E-state index contributed by atoms with van der Waals surface area (Å²) >= 11 is 0. The molecule has 1 saturated heterocycles. The number of aliphatic imine (C=N–C) groups is 1. The van der Waals surface area contributed by atoms with Crippen LogP contribution < -0.4 is 10.6 Å². The van der Waals surface area contributed by atoms with E-state index in [1.807, 2.05) is 6.92 Å². The van der Waals surface area contributed by atoms with Crippen LogP contribution in [0.1, 0.15) is 30.9 Å². The molecule has 0 radical (unpaired) electrons. The molecule has 1 fully saturated rings. The maximum absolute atomic E-state index is 12.6. The monoisotopic (exact) mass is 397 g/mol. The summed E-state index contributed by atoms with van der Waals surface area (Å²) in [6, 6.07) is 4.75. The molecular weight excluding hydrogens is 371 g/mol. The van der Waals surface area contributed by atoms with Gasteiger partial charge in [0.05, 0.1) is 25.3 Å². The average molecular weight is 397 g/mol. The first-order chi connectivity index (χ1) is 13.4. The van der Waals surface area contributed by atoms with Gasteiger partial charge in [-0.25, -0.2) is 0 Å². The lowest BCUT2D eigenvalue weighted by atomic mass is 9.84. The minimum Gasteiger partial charge on any atom is -0.396 e. The Hall–Kier alpha value is -2.24. The molecule has 28 heavy (non-hydrogen) atoms. The molecule has 0 spiro atoms. The van der Waals surface area contributed by atoms with Gasteiger partial charge >= 0.3 is 6.18 Å². The number of aliphatic hydroxyl groups excluding tert-OH is 1. The normalized spacial score (nSPS) is 19.8. The number of alkyl halides is 3. The quantitative estimate of drug-likeness (QED) is 0.392. The molecule has 2 rings (SSSR count). The van der Waals surface area contributed by atoms with E-state index in [0.717, 1.165) is 18.6 Å². The number of rotatable bonds is 6. The van der Waals surface area contributed by atoms with Gasteiger partial charge in [-0.2, -0.15) is 13.2 Å². The van der Waals surface area contributed by atoms with Gasteiger partial charge in [-0.15, -0.1) is 0 Å². The van der Waals surface area contributed by atoms with Gasteiger partial charge in [-0.05, 0) is 44.0 Å². The van der Waals surface area contributed by atoms with Crippen molar-refractivity contribution in [3.05, 3.63) is 35.4 Å². The highest BCUT2D eigenvalue weighted by atomic mass is 19.4. The molecule has 1 aliphatic heterocycles. The molecule has 0 aliphatic carbocycles. The van der Waals surface area contributed by atoms with Gasteiger partial charge in [-0.3, -0.25) is 4.99 Å². The summed E-state index contributed by atoms with van der Waals surface area (Å²) in [5, 5.41) is 15.5. The first-order valence-electron chi connectivity index (χ1n) is 9.25. The second-order valence-electron chi connectivity index (χ2n) is 6.70. The van der Waals surface area contributed by atoms with Crippen LogP contribution in [0, 0.1) is 17.3 Å². The number of hydrogen-bond acceptors (Lipinski definition) is 3. The van der Waals surface area contributed by atoms with Crippen LogP contribution in [0.4, 0.5) is 13.2 Å². The SMILES string of the molecule is CCNC(=NCC1(CCO)CCOC1)NCC#Cc1ccc(C(F)(F)F)cc1. The fourth-order valence-electron chi connectivity index (χ4n) is 2.89. The third-order valence-corrected chi connectivity index (χ3v) is 4.53. The Morgan fingerprint density at radius 2 is 2.04 bits per heavy atom. The topological polar surface area (TPSA) is 65.9 Å². The van der Waals surface area contributed by atoms with Crippen LogP contribution in [0.3, 0.4) is 0 Å². The van der Waals surface area contributed by atoms with Crippen molar-refractivity contribution in [2.24, 2.45) is 10.4 Å². The second-order valence-corrected chi connectivity index (χ2v) is 6.70. The Labute approximate surface area is 163 Å².